The first-order valence-corrected chi connectivity index (χ1v) is 8.12. The van der Waals surface area contributed by atoms with Crippen molar-refractivity contribution in [3.63, 3.8) is 0 Å². The first-order chi connectivity index (χ1) is 11.9. The van der Waals surface area contributed by atoms with Crippen LogP contribution in [0.2, 0.25) is 0 Å². The van der Waals surface area contributed by atoms with Crippen molar-refractivity contribution >= 4 is 18.2 Å². The predicted molar refractivity (Wildman–Crippen MR) is 99.8 cm³/mol. The van der Waals surface area contributed by atoms with Crippen LogP contribution in [0.5, 0.6) is 5.75 Å². The molecule has 1 amide bonds. The zero-order valence-electron chi connectivity index (χ0n) is 15.1. The molecule has 0 fully saturated rings. The second kappa shape index (κ2) is 8.33. The molecule has 1 aromatic heterocycles. The topological polar surface area (TPSA) is 63.8 Å². The lowest BCUT2D eigenvalue weighted by Gasteiger charge is -2.20. The Balaban J connectivity index is 1.80. The molecule has 0 aliphatic rings. The molecular formula is C20H24N2O3. The molecule has 1 N–H and O–H groups in total. The minimum absolute atomic E-state index is 0.0819. The van der Waals surface area contributed by atoms with Crippen molar-refractivity contribution in [3.8, 4) is 5.75 Å². The molecule has 0 saturated heterocycles. The van der Waals surface area contributed by atoms with Crippen LogP contribution in [0.25, 0.3) is 6.08 Å². The van der Waals surface area contributed by atoms with Gasteiger partial charge in [0.05, 0.1) is 6.26 Å². The summed E-state index contributed by atoms with van der Waals surface area (Å²) in [6.07, 6.45) is 6.48. The number of ether oxygens (including phenoxy) is 1. The predicted octanol–water partition coefficient (Wildman–Crippen LogP) is 4.08. The highest BCUT2D eigenvalue weighted by atomic mass is 16.5. The molecule has 1 heterocycles. The van der Waals surface area contributed by atoms with Crippen LogP contribution in [0.1, 0.15) is 37.7 Å². The summed E-state index contributed by atoms with van der Waals surface area (Å²) in [4.78, 5) is 11.8. The number of rotatable bonds is 6. The van der Waals surface area contributed by atoms with Crippen LogP contribution in [-0.2, 0) is 10.2 Å². The smallest absolute Gasteiger partial charge is 0.277 e. The van der Waals surface area contributed by atoms with Gasteiger partial charge in [0.1, 0.15) is 11.5 Å². The number of carbonyl (C=O) groups is 1. The molecule has 0 radical (unpaired) electrons. The van der Waals surface area contributed by atoms with E-state index in [9.17, 15) is 4.79 Å². The fraction of sp³-hybridized carbons (Fsp3) is 0.300. The van der Waals surface area contributed by atoms with Crippen LogP contribution in [0.3, 0.4) is 0 Å². The van der Waals surface area contributed by atoms with Crippen LogP contribution < -0.4 is 10.2 Å². The van der Waals surface area contributed by atoms with E-state index in [0.29, 0.717) is 5.75 Å². The normalized spacial score (nSPS) is 12.0. The molecule has 0 saturated carbocycles. The second-order valence-electron chi connectivity index (χ2n) is 6.71. The minimum Gasteiger partial charge on any atom is -0.483 e. The lowest BCUT2D eigenvalue weighted by atomic mass is 9.86. The number of allylic oxidation sites excluding steroid dienone is 1. The van der Waals surface area contributed by atoms with Gasteiger partial charge in [-0.1, -0.05) is 32.9 Å². The maximum atomic E-state index is 11.8. The van der Waals surface area contributed by atoms with Crippen LogP contribution >= 0.6 is 0 Å². The summed E-state index contributed by atoms with van der Waals surface area (Å²) in [5, 5.41) is 3.82. The van der Waals surface area contributed by atoms with Crippen LogP contribution in [0.4, 0.5) is 0 Å². The Morgan fingerprint density at radius 2 is 2.12 bits per heavy atom. The van der Waals surface area contributed by atoms with E-state index in [1.807, 2.05) is 25.1 Å². The Bertz CT molecular complexity index is 754. The van der Waals surface area contributed by atoms with E-state index in [2.05, 4.69) is 37.4 Å². The van der Waals surface area contributed by atoms with Gasteiger partial charge in [-0.2, -0.15) is 5.10 Å². The quantitative estimate of drug-likeness (QED) is 0.636. The number of furan rings is 1. The van der Waals surface area contributed by atoms with Crippen molar-refractivity contribution in [1.82, 2.24) is 5.43 Å². The average molecular weight is 340 g/mol. The molecule has 132 valence electrons. The van der Waals surface area contributed by atoms with E-state index in [1.165, 1.54) is 11.8 Å². The maximum absolute atomic E-state index is 11.8. The monoisotopic (exact) mass is 340 g/mol. The molecule has 5 nitrogen and oxygen atoms in total. The number of hydrogen-bond acceptors (Lipinski definition) is 4. The highest BCUT2D eigenvalue weighted by Gasteiger charge is 2.15. The summed E-state index contributed by atoms with van der Waals surface area (Å²) in [5.41, 5.74) is 4.73. The number of aryl methyl sites for hydroxylation is 1. The molecule has 0 aliphatic carbocycles. The van der Waals surface area contributed by atoms with Gasteiger partial charge in [0, 0.05) is 6.21 Å². The summed E-state index contributed by atoms with van der Waals surface area (Å²) in [7, 11) is 0. The Hall–Kier alpha value is -2.82. The molecule has 2 aromatic rings. The number of nitrogens with one attached hydrogen (secondary N) is 1. The Kier molecular flexibility index (Phi) is 6.17. The molecule has 0 bridgehead atoms. The summed E-state index contributed by atoms with van der Waals surface area (Å²) in [6.45, 7) is 8.37. The van der Waals surface area contributed by atoms with Gasteiger partial charge in [-0.15, -0.1) is 0 Å². The first-order valence-electron chi connectivity index (χ1n) is 8.12. The van der Waals surface area contributed by atoms with E-state index in [4.69, 9.17) is 9.15 Å². The van der Waals surface area contributed by atoms with E-state index in [1.54, 1.807) is 24.5 Å². The van der Waals surface area contributed by atoms with Crippen molar-refractivity contribution in [2.75, 3.05) is 6.61 Å². The third-order valence-corrected chi connectivity index (χ3v) is 3.55. The SMILES string of the molecule is Cc1cc(C(C)(C)C)ccc1OCC(=O)N/N=C/C=C/c1ccco1. The van der Waals surface area contributed by atoms with E-state index in [-0.39, 0.29) is 17.9 Å². The summed E-state index contributed by atoms with van der Waals surface area (Å²) in [5.74, 6) is 1.10. The Morgan fingerprint density at radius 1 is 1.32 bits per heavy atom. The molecule has 0 unspecified atom stereocenters. The van der Waals surface area contributed by atoms with Gasteiger partial charge >= 0.3 is 0 Å². The van der Waals surface area contributed by atoms with Gasteiger partial charge in [-0.05, 0) is 53.8 Å². The van der Waals surface area contributed by atoms with Crippen LogP contribution in [0, 0.1) is 6.92 Å². The number of benzene rings is 1. The third-order valence-electron chi connectivity index (χ3n) is 3.55. The average Bonchev–Trinajstić information content (AvgIpc) is 3.05. The van der Waals surface area contributed by atoms with Gasteiger partial charge < -0.3 is 9.15 Å². The van der Waals surface area contributed by atoms with Gasteiger partial charge in [0.25, 0.3) is 5.91 Å². The molecule has 25 heavy (non-hydrogen) atoms. The van der Waals surface area contributed by atoms with E-state index in [0.717, 1.165) is 11.3 Å². The molecule has 2 rings (SSSR count). The van der Waals surface area contributed by atoms with Crippen LogP contribution in [-0.4, -0.2) is 18.7 Å². The van der Waals surface area contributed by atoms with E-state index < -0.39 is 0 Å². The molecule has 5 heteroatoms. The van der Waals surface area contributed by atoms with Crippen LogP contribution in [0.15, 0.2) is 52.2 Å². The molecule has 0 spiro atoms. The lowest BCUT2D eigenvalue weighted by Crippen LogP contribution is -2.24. The number of hydrazone groups is 1. The van der Waals surface area contributed by atoms with Gasteiger partial charge in [-0.3, -0.25) is 4.79 Å². The highest BCUT2D eigenvalue weighted by molar-refractivity contribution is 5.81. The summed E-state index contributed by atoms with van der Waals surface area (Å²) in [6, 6.07) is 9.64. The number of hydrogen-bond donors (Lipinski definition) is 1. The van der Waals surface area contributed by atoms with Crippen molar-refractivity contribution in [1.29, 1.82) is 0 Å². The zero-order chi connectivity index (χ0) is 18.3. The number of amides is 1. The summed E-state index contributed by atoms with van der Waals surface area (Å²) < 4.78 is 10.7. The fourth-order valence-electron chi connectivity index (χ4n) is 2.13. The molecule has 0 aliphatic heterocycles. The second-order valence-corrected chi connectivity index (χ2v) is 6.71. The number of nitrogens with zero attached hydrogens (tertiary/aromatic N) is 1. The molecule has 0 atom stereocenters. The molecule has 1 aromatic carbocycles. The van der Waals surface area contributed by atoms with Crippen molar-refractivity contribution in [2.24, 2.45) is 5.10 Å². The Morgan fingerprint density at radius 3 is 2.76 bits per heavy atom. The summed E-state index contributed by atoms with van der Waals surface area (Å²) >= 11 is 0. The number of carbonyl (C=O) groups excluding carboxylic acids is 1. The highest BCUT2D eigenvalue weighted by Crippen LogP contribution is 2.27. The lowest BCUT2D eigenvalue weighted by molar-refractivity contribution is -0.123. The van der Waals surface area contributed by atoms with Crippen molar-refractivity contribution in [2.45, 2.75) is 33.1 Å². The van der Waals surface area contributed by atoms with Crippen molar-refractivity contribution < 1.29 is 13.9 Å². The fourth-order valence-corrected chi connectivity index (χ4v) is 2.13. The van der Waals surface area contributed by atoms with E-state index >= 15 is 0 Å². The largest absolute Gasteiger partial charge is 0.483 e. The maximum Gasteiger partial charge on any atom is 0.277 e. The van der Waals surface area contributed by atoms with Gasteiger partial charge in [-0.25, -0.2) is 5.43 Å². The zero-order valence-corrected chi connectivity index (χ0v) is 15.1. The van der Waals surface area contributed by atoms with Crippen molar-refractivity contribution in [3.05, 3.63) is 59.6 Å². The molecular weight excluding hydrogens is 316 g/mol. The minimum atomic E-state index is -0.318. The first kappa shape index (κ1) is 18.5. The third kappa shape index (κ3) is 5.95. The van der Waals surface area contributed by atoms with Gasteiger partial charge in [0.15, 0.2) is 6.61 Å². The Labute approximate surface area is 148 Å². The standard InChI is InChI=1S/C20H24N2O3/c1-15-13-16(20(2,3)4)9-10-18(15)25-14-19(23)22-21-11-5-7-17-8-6-12-24-17/h5-13H,14H2,1-4H3,(H,22,23)/b7-5+,21-11+. The van der Waals surface area contributed by atoms with Gasteiger partial charge in [0.2, 0.25) is 0 Å².